The van der Waals surface area contributed by atoms with E-state index in [1.807, 2.05) is 0 Å². The quantitative estimate of drug-likeness (QED) is 0.764. The monoisotopic (exact) mass is 352 g/mol. The molecule has 1 unspecified atom stereocenters. The summed E-state index contributed by atoms with van der Waals surface area (Å²) in [5.41, 5.74) is 0. The summed E-state index contributed by atoms with van der Waals surface area (Å²) in [7, 11) is -1.78. The Morgan fingerprint density at radius 3 is 2.95 bits per heavy atom. The number of sulfonamides is 1. The van der Waals surface area contributed by atoms with Crippen molar-refractivity contribution in [1.82, 2.24) is 9.62 Å². The summed E-state index contributed by atoms with van der Waals surface area (Å²) < 4.78 is 32.9. The molecule has 0 radical (unpaired) electrons. The topological polar surface area (TPSA) is 58.6 Å². The van der Waals surface area contributed by atoms with Crippen molar-refractivity contribution in [2.24, 2.45) is 0 Å². The minimum absolute atomic E-state index is 0.00137. The molecule has 1 aromatic rings. The maximum Gasteiger partial charge on any atom is 0.252 e. The molecule has 1 aromatic heterocycles. The number of ether oxygens (including phenoxy) is 1. The van der Waals surface area contributed by atoms with Crippen LogP contribution >= 0.6 is 22.9 Å². The smallest absolute Gasteiger partial charge is 0.252 e. The largest absolute Gasteiger partial charge is 0.383 e. The molecule has 0 spiro atoms. The van der Waals surface area contributed by atoms with Crippen LogP contribution in [0.25, 0.3) is 0 Å². The van der Waals surface area contributed by atoms with Gasteiger partial charge in [-0.05, 0) is 25.0 Å². The number of rotatable bonds is 7. The Bertz CT molecular complexity index is 547. The van der Waals surface area contributed by atoms with Gasteiger partial charge < -0.3 is 10.1 Å². The van der Waals surface area contributed by atoms with E-state index in [1.165, 1.54) is 0 Å². The van der Waals surface area contributed by atoms with Crippen LogP contribution in [0, 0.1) is 0 Å². The summed E-state index contributed by atoms with van der Waals surface area (Å²) >= 11 is 6.99. The van der Waals surface area contributed by atoms with Crippen molar-refractivity contribution in [3.05, 3.63) is 16.5 Å². The molecule has 1 aliphatic rings. The summed E-state index contributed by atoms with van der Waals surface area (Å²) in [6.45, 7) is 2.59. The van der Waals surface area contributed by atoms with Gasteiger partial charge in [0.15, 0.2) is 0 Å². The first-order chi connectivity index (χ1) is 10.1. The van der Waals surface area contributed by atoms with E-state index >= 15 is 0 Å². The third kappa shape index (κ3) is 4.40. The Kier molecular flexibility index (Phi) is 6.46. The van der Waals surface area contributed by atoms with E-state index in [0.29, 0.717) is 28.2 Å². The molecule has 2 rings (SSSR count). The molecule has 0 amide bonds. The Balaban J connectivity index is 2.07. The predicted molar refractivity (Wildman–Crippen MR) is 85.6 cm³/mol. The molecule has 1 aliphatic heterocycles. The van der Waals surface area contributed by atoms with E-state index in [1.54, 1.807) is 23.5 Å². The summed E-state index contributed by atoms with van der Waals surface area (Å²) in [4.78, 5) is 0. The number of nitrogens with zero attached hydrogens (tertiary/aromatic N) is 1. The normalized spacial score (nSPS) is 20.8. The van der Waals surface area contributed by atoms with E-state index in [0.717, 1.165) is 37.1 Å². The molecular formula is C13H21ClN2O3S2. The average Bonchev–Trinajstić information content (AvgIpc) is 2.91. The molecule has 2 heterocycles. The molecular weight excluding hydrogens is 332 g/mol. The van der Waals surface area contributed by atoms with Gasteiger partial charge >= 0.3 is 0 Å². The minimum atomic E-state index is -3.44. The van der Waals surface area contributed by atoms with Crippen LogP contribution in [-0.4, -0.2) is 52.1 Å². The van der Waals surface area contributed by atoms with Crippen LogP contribution in [0.15, 0.2) is 16.3 Å². The van der Waals surface area contributed by atoms with Gasteiger partial charge in [-0.3, -0.25) is 0 Å². The van der Waals surface area contributed by atoms with E-state index in [2.05, 4.69) is 5.32 Å². The van der Waals surface area contributed by atoms with Crippen LogP contribution in [0.5, 0.6) is 0 Å². The number of hydrogen-bond donors (Lipinski definition) is 1. The molecule has 0 aliphatic carbocycles. The maximum atomic E-state index is 12.7. The fraction of sp³-hybridized carbons (Fsp3) is 0.692. The van der Waals surface area contributed by atoms with Crippen molar-refractivity contribution in [2.75, 3.05) is 33.4 Å². The Morgan fingerprint density at radius 1 is 1.48 bits per heavy atom. The highest BCUT2D eigenvalue weighted by Gasteiger charge is 2.34. The molecule has 1 saturated heterocycles. The number of hydrogen-bond acceptors (Lipinski definition) is 5. The Labute approximate surface area is 135 Å². The van der Waals surface area contributed by atoms with E-state index in [-0.39, 0.29) is 6.04 Å². The van der Waals surface area contributed by atoms with Crippen molar-refractivity contribution >= 4 is 33.0 Å². The second-order valence-corrected chi connectivity index (χ2v) is 8.85. The third-order valence-corrected chi connectivity index (χ3v) is 7.20. The summed E-state index contributed by atoms with van der Waals surface area (Å²) in [6.07, 6.45) is 2.86. The second kappa shape index (κ2) is 7.89. The van der Waals surface area contributed by atoms with Gasteiger partial charge in [-0.1, -0.05) is 18.0 Å². The number of thiophene rings is 1. The van der Waals surface area contributed by atoms with Gasteiger partial charge in [-0.2, -0.15) is 4.31 Å². The third-order valence-electron chi connectivity index (χ3n) is 3.55. The highest BCUT2D eigenvalue weighted by atomic mass is 35.5. The SMILES string of the molecule is COCCNCC1CCCCN1S(=O)(=O)c1ccc(Cl)s1. The lowest BCUT2D eigenvalue weighted by atomic mass is 10.1. The molecule has 120 valence electrons. The Hall–Kier alpha value is -0.180. The zero-order valence-electron chi connectivity index (χ0n) is 12.0. The zero-order chi connectivity index (χ0) is 15.3. The van der Waals surface area contributed by atoms with E-state index in [4.69, 9.17) is 16.3 Å². The van der Waals surface area contributed by atoms with Gasteiger partial charge in [0, 0.05) is 32.8 Å². The molecule has 5 nitrogen and oxygen atoms in total. The van der Waals surface area contributed by atoms with Crippen molar-refractivity contribution in [3.8, 4) is 0 Å². The number of piperidine rings is 1. The fourth-order valence-electron chi connectivity index (χ4n) is 2.49. The molecule has 21 heavy (non-hydrogen) atoms. The summed E-state index contributed by atoms with van der Waals surface area (Å²) in [5, 5.41) is 3.26. The predicted octanol–water partition coefficient (Wildman–Crippen LogP) is 2.18. The standard InChI is InChI=1S/C13H21ClN2O3S2/c1-19-9-7-15-10-11-4-2-3-8-16(11)21(17,18)13-6-5-12(14)20-13/h5-6,11,15H,2-4,7-10H2,1H3. The van der Waals surface area contributed by atoms with Crippen molar-refractivity contribution in [1.29, 1.82) is 0 Å². The highest BCUT2D eigenvalue weighted by Crippen LogP contribution is 2.31. The van der Waals surface area contributed by atoms with Crippen molar-refractivity contribution in [2.45, 2.75) is 29.5 Å². The molecule has 0 aromatic carbocycles. The zero-order valence-corrected chi connectivity index (χ0v) is 14.4. The van der Waals surface area contributed by atoms with Crippen LogP contribution in [-0.2, 0) is 14.8 Å². The van der Waals surface area contributed by atoms with Crippen LogP contribution < -0.4 is 5.32 Å². The number of halogens is 1. The average molecular weight is 353 g/mol. The van der Waals surface area contributed by atoms with Crippen molar-refractivity contribution < 1.29 is 13.2 Å². The number of nitrogens with one attached hydrogen (secondary N) is 1. The van der Waals surface area contributed by atoms with E-state index < -0.39 is 10.0 Å². The minimum Gasteiger partial charge on any atom is -0.383 e. The second-order valence-electron chi connectivity index (χ2n) is 5.02. The fourth-order valence-corrected chi connectivity index (χ4v) is 5.79. The van der Waals surface area contributed by atoms with Gasteiger partial charge in [-0.25, -0.2) is 8.42 Å². The molecule has 1 N–H and O–H groups in total. The Morgan fingerprint density at radius 2 is 2.29 bits per heavy atom. The van der Waals surface area contributed by atoms with Gasteiger partial charge in [0.05, 0.1) is 10.9 Å². The first-order valence-electron chi connectivity index (χ1n) is 7.02. The summed E-state index contributed by atoms with van der Waals surface area (Å²) in [6, 6.07) is 3.22. The maximum absolute atomic E-state index is 12.7. The van der Waals surface area contributed by atoms with Gasteiger partial charge in [-0.15, -0.1) is 11.3 Å². The van der Waals surface area contributed by atoms with Gasteiger partial charge in [0.25, 0.3) is 10.0 Å². The van der Waals surface area contributed by atoms with E-state index in [9.17, 15) is 8.42 Å². The lowest BCUT2D eigenvalue weighted by Crippen LogP contribution is -2.48. The molecule has 0 bridgehead atoms. The molecule has 0 saturated carbocycles. The lowest BCUT2D eigenvalue weighted by Gasteiger charge is -2.34. The van der Waals surface area contributed by atoms with Crippen LogP contribution in [0.3, 0.4) is 0 Å². The van der Waals surface area contributed by atoms with Crippen LogP contribution in [0.1, 0.15) is 19.3 Å². The lowest BCUT2D eigenvalue weighted by molar-refractivity contribution is 0.191. The van der Waals surface area contributed by atoms with Crippen LogP contribution in [0.2, 0.25) is 4.34 Å². The first kappa shape index (κ1) is 17.2. The molecule has 8 heteroatoms. The first-order valence-corrected chi connectivity index (χ1v) is 9.66. The van der Waals surface area contributed by atoms with Crippen molar-refractivity contribution in [3.63, 3.8) is 0 Å². The number of methoxy groups -OCH3 is 1. The molecule has 1 atom stereocenters. The van der Waals surface area contributed by atoms with Gasteiger partial charge in [0.1, 0.15) is 4.21 Å². The van der Waals surface area contributed by atoms with Crippen LogP contribution in [0.4, 0.5) is 0 Å². The molecule has 1 fully saturated rings. The summed E-state index contributed by atoms with van der Waals surface area (Å²) in [5.74, 6) is 0. The van der Waals surface area contributed by atoms with Gasteiger partial charge in [0.2, 0.25) is 0 Å². The highest BCUT2D eigenvalue weighted by molar-refractivity contribution is 7.91.